The number of hydrogen-bond acceptors (Lipinski definition) is 4. The van der Waals surface area contributed by atoms with Gasteiger partial charge in [0.05, 0.1) is 4.90 Å². The molecule has 0 aromatic heterocycles. The average molecular weight is 484 g/mol. The van der Waals surface area contributed by atoms with Crippen molar-refractivity contribution in [3.63, 3.8) is 0 Å². The third-order valence-electron chi connectivity index (χ3n) is 7.14. The first kappa shape index (κ1) is 24.9. The van der Waals surface area contributed by atoms with Gasteiger partial charge in [0, 0.05) is 38.6 Å². The van der Waals surface area contributed by atoms with Crippen LogP contribution in [0, 0.1) is 12.8 Å². The van der Waals surface area contributed by atoms with E-state index in [1.54, 1.807) is 16.4 Å². The number of sulfonamides is 1. The van der Waals surface area contributed by atoms with Crippen LogP contribution in [0.3, 0.4) is 0 Å². The minimum Gasteiger partial charge on any atom is -0.341 e. The van der Waals surface area contributed by atoms with Gasteiger partial charge in [0.1, 0.15) is 0 Å². The summed E-state index contributed by atoms with van der Waals surface area (Å²) in [5, 5.41) is 0. The molecule has 0 spiro atoms. The zero-order valence-electron chi connectivity index (χ0n) is 20.2. The van der Waals surface area contributed by atoms with Crippen LogP contribution in [-0.4, -0.2) is 74.2 Å². The fraction of sp³-hybridized carbons (Fsp3) is 0.519. The number of rotatable bonds is 7. The molecule has 2 heterocycles. The molecule has 34 heavy (non-hydrogen) atoms. The van der Waals surface area contributed by atoms with Crippen LogP contribution in [0.1, 0.15) is 36.8 Å². The number of hydrogen-bond donors (Lipinski definition) is 0. The van der Waals surface area contributed by atoms with Crippen LogP contribution in [0.2, 0.25) is 0 Å². The fourth-order valence-corrected chi connectivity index (χ4v) is 6.50. The van der Waals surface area contributed by atoms with Crippen LogP contribution in [0.5, 0.6) is 0 Å². The third kappa shape index (κ3) is 6.26. The van der Waals surface area contributed by atoms with E-state index in [4.69, 9.17) is 0 Å². The second-order valence-corrected chi connectivity index (χ2v) is 11.5. The lowest BCUT2D eigenvalue weighted by atomic mass is 9.96. The first-order valence-corrected chi connectivity index (χ1v) is 14.0. The molecule has 0 atom stereocenters. The van der Waals surface area contributed by atoms with Crippen LogP contribution in [0.4, 0.5) is 0 Å². The number of piperidine rings is 1. The molecule has 2 aliphatic rings. The van der Waals surface area contributed by atoms with E-state index >= 15 is 0 Å². The molecule has 0 radical (unpaired) electrons. The van der Waals surface area contributed by atoms with Crippen LogP contribution in [0.25, 0.3) is 0 Å². The van der Waals surface area contributed by atoms with E-state index in [9.17, 15) is 13.2 Å². The molecule has 2 aromatic rings. The van der Waals surface area contributed by atoms with Crippen LogP contribution in [0.15, 0.2) is 59.5 Å². The molecule has 0 unspecified atom stereocenters. The van der Waals surface area contributed by atoms with Gasteiger partial charge in [-0.3, -0.25) is 4.79 Å². The first-order chi connectivity index (χ1) is 16.4. The molecule has 7 heteroatoms. The van der Waals surface area contributed by atoms with E-state index in [1.165, 1.54) is 5.56 Å². The number of carbonyl (C=O) groups is 1. The normalized spacial score (nSPS) is 19.1. The number of nitrogens with zero attached hydrogens (tertiary/aromatic N) is 3. The van der Waals surface area contributed by atoms with Crippen LogP contribution in [-0.2, 0) is 21.2 Å². The second kappa shape index (κ2) is 11.5. The zero-order chi connectivity index (χ0) is 24.0. The molecular formula is C27H37N3O3S. The Hall–Kier alpha value is -2.22. The van der Waals surface area contributed by atoms with Crippen molar-refractivity contribution < 1.29 is 13.2 Å². The van der Waals surface area contributed by atoms with Crippen molar-refractivity contribution in [1.82, 2.24) is 14.1 Å². The minimum absolute atomic E-state index is 0.0749. The molecule has 0 saturated carbocycles. The lowest BCUT2D eigenvalue weighted by Gasteiger charge is -2.33. The van der Waals surface area contributed by atoms with Gasteiger partial charge in [0.15, 0.2) is 0 Å². The molecule has 184 valence electrons. The highest BCUT2D eigenvalue weighted by Gasteiger charge is 2.34. The van der Waals surface area contributed by atoms with Gasteiger partial charge in [0.25, 0.3) is 0 Å². The van der Waals surface area contributed by atoms with E-state index in [-0.39, 0.29) is 11.8 Å². The van der Waals surface area contributed by atoms with Crippen molar-refractivity contribution in [2.75, 3.05) is 45.8 Å². The Bertz CT molecular complexity index is 1030. The third-order valence-corrected chi connectivity index (χ3v) is 9.06. The van der Waals surface area contributed by atoms with Gasteiger partial charge in [-0.1, -0.05) is 48.0 Å². The zero-order valence-corrected chi connectivity index (χ0v) is 21.0. The van der Waals surface area contributed by atoms with Gasteiger partial charge in [-0.05, 0) is 69.8 Å². The number of aryl methyl sites for hydroxylation is 2. The van der Waals surface area contributed by atoms with Gasteiger partial charge in [-0.25, -0.2) is 8.42 Å². The minimum atomic E-state index is -3.49. The Kier molecular flexibility index (Phi) is 8.40. The lowest BCUT2D eigenvalue weighted by molar-refractivity contribution is -0.136. The molecular weight excluding hydrogens is 446 g/mol. The maximum atomic E-state index is 13.2. The largest absolute Gasteiger partial charge is 0.341 e. The van der Waals surface area contributed by atoms with E-state index in [1.807, 2.05) is 24.0 Å². The van der Waals surface area contributed by atoms with E-state index in [0.717, 1.165) is 57.5 Å². The predicted molar refractivity (Wildman–Crippen MR) is 135 cm³/mol. The second-order valence-electron chi connectivity index (χ2n) is 9.60. The fourth-order valence-electron chi connectivity index (χ4n) is 5.03. The molecule has 2 fully saturated rings. The summed E-state index contributed by atoms with van der Waals surface area (Å²) in [6, 6.07) is 17.6. The monoisotopic (exact) mass is 483 g/mol. The van der Waals surface area contributed by atoms with Crippen LogP contribution < -0.4 is 0 Å². The van der Waals surface area contributed by atoms with Gasteiger partial charge < -0.3 is 9.80 Å². The van der Waals surface area contributed by atoms with E-state index in [0.29, 0.717) is 30.8 Å². The summed E-state index contributed by atoms with van der Waals surface area (Å²) in [6.07, 6.45) is 4.41. The van der Waals surface area contributed by atoms with Gasteiger partial charge in [0.2, 0.25) is 15.9 Å². The predicted octanol–water partition coefficient (Wildman–Crippen LogP) is 3.56. The quantitative estimate of drug-likeness (QED) is 0.604. The number of benzene rings is 2. The average Bonchev–Trinajstić information content (AvgIpc) is 3.10. The highest BCUT2D eigenvalue weighted by atomic mass is 32.2. The SMILES string of the molecule is Cc1ccc(S(=O)(=O)N2CCC(C(=O)N3CCCN(CCCc4ccccc4)CC3)CC2)cc1. The standard InChI is InChI=1S/C27H37N3O3S/c1-23-10-12-26(13-11-23)34(32,33)30-19-14-25(15-20-30)27(31)29-18-6-17-28(21-22-29)16-5-9-24-7-3-2-4-8-24/h2-4,7-8,10-13,25H,5-6,9,14-22H2,1H3. The number of amides is 1. The molecule has 0 aliphatic carbocycles. The van der Waals surface area contributed by atoms with E-state index in [2.05, 4.69) is 35.2 Å². The van der Waals surface area contributed by atoms with Gasteiger partial charge in [-0.2, -0.15) is 4.31 Å². The molecule has 6 nitrogen and oxygen atoms in total. The molecule has 1 amide bonds. The lowest BCUT2D eigenvalue weighted by Crippen LogP contribution is -2.45. The highest BCUT2D eigenvalue weighted by Crippen LogP contribution is 2.26. The Morgan fingerprint density at radius 2 is 1.59 bits per heavy atom. The topological polar surface area (TPSA) is 60.9 Å². The van der Waals surface area contributed by atoms with Crippen molar-refractivity contribution in [1.29, 1.82) is 0 Å². The summed E-state index contributed by atoms with van der Waals surface area (Å²) >= 11 is 0. The summed E-state index contributed by atoms with van der Waals surface area (Å²) in [6.45, 7) is 7.35. The summed E-state index contributed by atoms with van der Waals surface area (Å²) in [5.74, 6) is 0.132. The van der Waals surface area contributed by atoms with Crippen molar-refractivity contribution in [2.24, 2.45) is 5.92 Å². The molecule has 2 aliphatic heterocycles. The van der Waals surface area contributed by atoms with Crippen LogP contribution >= 0.6 is 0 Å². The van der Waals surface area contributed by atoms with Crippen molar-refractivity contribution in [3.8, 4) is 0 Å². The van der Waals surface area contributed by atoms with Crippen molar-refractivity contribution in [2.45, 2.75) is 43.9 Å². The van der Waals surface area contributed by atoms with E-state index < -0.39 is 10.0 Å². The molecule has 2 saturated heterocycles. The Labute approximate surface area is 204 Å². The van der Waals surface area contributed by atoms with Gasteiger partial charge in [-0.15, -0.1) is 0 Å². The Balaban J connectivity index is 1.23. The molecule has 4 rings (SSSR count). The smallest absolute Gasteiger partial charge is 0.243 e. The van der Waals surface area contributed by atoms with Gasteiger partial charge >= 0.3 is 0 Å². The molecule has 2 aromatic carbocycles. The van der Waals surface area contributed by atoms with Crippen molar-refractivity contribution in [3.05, 3.63) is 65.7 Å². The summed E-state index contributed by atoms with van der Waals surface area (Å²) < 4.78 is 27.5. The summed E-state index contributed by atoms with van der Waals surface area (Å²) in [4.78, 5) is 18.0. The highest BCUT2D eigenvalue weighted by molar-refractivity contribution is 7.89. The Morgan fingerprint density at radius 1 is 0.882 bits per heavy atom. The molecule has 0 bridgehead atoms. The number of carbonyl (C=O) groups excluding carboxylic acids is 1. The summed E-state index contributed by atoms with van der Waals surface area (Å²) in [7, 11) is -3.49. The molecule has 0 N–H and O–H groups in total. The maximum absolute atomic E-state index is 13.2. The van der Waals surface area contributed by atoms with Crippen molar-refractivity contribution >= 4 is 15.9 Å². The first-order valence-electron chi connectivity index (χ1n) is 12.6. The Morgan fingerprint density at radius 3 is 2.29 bits per heavy atom. The maximum Gasteiger partial charge on any atom is 0.243 e. The summed E-state index contributed by atoms with van der Waals surface area (Å²) in [5.41, 5.74) is 2.42.